The number of piperazine rings is 1. The van der Waals surface area contributed by atoms with Crippen molar-refractivity contribution in [1.82, 2.24) is 14.8 Å². The molecule has 2 heterocycles. The Kier molecular flexibility index (Phi) is 5.27. The fourth-order valence-electron chi connectivity index (χ4n) is 3.32. The van der Waals surface area contributed by atoms with Gasteiger partial charge in [-0.2, -0.15) is 0 Å². The van der Waals surface area contributed by atoms with Gasteiger partial charge in [-0.1, -0.05) is 30.3 Å². The highest BCUT2D eigenvalue weighted by Crippen LogP contribution is 2.24. The SMILES string of the molecule is NCCC(c1ccc[nH]1)N1CCN(Cc2ccccc2)CC1. The highest BCUT2D eigenvalue weighted by molar-refractivity contribution is 5.14. The molecule has 0 aliphatic carbocycles. The van der Waals surface area contributed by atoms with Gasteiger partial charge in [0.15, 0.2) is 0 Å². The van der Waals surface area contributed by atoms with Gasteiger partial charge in [-0.3, -0.25) is 9.80 Å². The zero-order valence-corrected chi connectivity index (χ0v) is 13.1. The summed E-state index contributed by atoms with van der Waals surface area (Å²) in [5.74, 6) is 0. The number of hydrogen-bond acceptors (Lipinski definition) is 3. The molecule has 118 valence electrons. The van der Waals surface area contributed by atoms with Crippen molar-refractivity contribution in [3.8, 4) is 0 Å². The van der Waals surface area contributed by atoms with E-state index in [0.29, 0.717) is 6.04 Å². The molecule has 1 unspecified atom stereocenters. The Balaban J connectivity index is 1.56. The van der Waals surface area contributed by atoms with Crippen molar-refractivity contribution in [2.24, 2.45) is 5.73 Å². The monoisotopic (exact) mass is 298 g/mol. The van der Waals surface area contributed by atoms with Crippen molar-refractivity contribution in [1.29, 1.82) is 0 Å². The average Bonchev–Trinajstić information content (AvgIpc) is 3.09. The molecule has 4 heteroatoms. The minimum atomic E-state index is 0.430. The van der Waals surface area contributed by atoms with Crippen molar-refractivity contribution in [2.75, 3.05) is 32.7 Å². The summed E-state index contributed by atoms with van der Waals surface area (Å²) in [6, 6.07) is 15.4. The lowest BCUT2D eigenvalue weighted by Crippen LogP contribution is -2.47. The summed E-state index contributed by atoms with van der Waals surface area (Å²) >= 11 is 0. The van der Waals surface area contributed by atoms with Crippen LogP contribution < -0.4 is 5.73 Å². The number of nitrogens with zero attached hydrogens (tertiary/aromatic N) is 2. The molecule has 0 saturated carbocycles. The molecule has 4 nitrogen and oxygen atoms in total. The quantitative estimate of drug-likeness (QED) is 0.860. The molecular weight excluding hydrogens is 272 g/mol. The van der Waals surface area contributed by atoms with Gasteiger partial charge in [0.25, 0.3) is 0 Å². The van der Waals surface area contributed by atoms with Crippen LogP contribution in [0.25, 0.3) is 0 Å². The van der Waals surface area contributed by atoms with Crippen molar-refractivity contribution in [3.05, 3.63) is 59.9 Å². The van der Waals surface area contributed by atoms with E-state index in [1.165, 1.54) is 11.3 Å². The van der Waals surface area contributed by atoms with E-state index in [9.17, 15) is 0 Å². The largest absolute Gasteiger partial charge is 0.364 e. The predicted molar refractivity (Wildman–Crippen MR) is 90.5 cm³/mol. The van der Waals surface area contributed by atoms with Gasteiger partial charge in [-0.25, -0.2) is 0 Å². The Morgan fingerprint density at radius 1 is 1.00 bits per heavy atom. The van der Waals surface area contributed by atoms with Gasteiger partial charge in [-0.05, 0) is 30.7 Å². The third-order valence-electron chi connectivity index (χ3n) is 4.52. The zero-order chi connectivity index (χ0) is 15.2. The number of rotatable bonds is 6. The Bertz CT molecular complexity index is 529. The molecule has 0 bridgehead atoms. The van der Waals surface area contributed by atoms with Crippen molar-refractivity contribution in [2.45, 2.75) is 19.0 Å². The van der Waals surface area contributed by atoms with E-state index in [-0.39, 0.29) is 0 Å². The first kappa shape index (κ1) is 15.3. The van der Waals surface area contributed by atoms with Crippen LogP contribution in [0.2, 0.25) is 0 Å². The summed E-state index contributed by atoms with van der Waals surface area (Å²) in [5.41, 5.74) is 8.52. The zero-order valence-electron chi connectivity index (χ0n) is 13.1. The topological polar surface area (TPSA) is 48.3 Å². The standard InChI is InChI=1S/C18H26N4/c19-9-8-18(17-7-4-10-20-17)22-13-11-21(12-14-22)15-16-5-2-1-3-6-16/h1-7,10,18,20H,8-9,11-15,19H2. The van der Waals surface area contributed by atoms with E-state index >= 15 is 0 Å². The smallest absolute Gasteiger partial charge is 0.0511 e. The lowest BCUT2D eigenvalue weighted by Gasteiger charge is -2.39. The molecule has 1 saturated heterocycles. The highest BCUT2D eigenvalue weighted by Gasteiger charge is 2.25. The van der Waals surface area contributed by atoms with Crippen LogP contribution in [-0.2, 0) is 6.54 Å². The molecule has 2 aromatic rings. The summed E-state index contributed by atoms with van der Waals surface area (Å²) in [7, 11) is 0. The van der Waals surface area contributed by atoms with E-state index in [1.54, 1.807) is 0 Å². The molecule has 1 aliphatic rings. The Hall–Kier alpha value is -1.62. The number of hydrogen-bond donors (Lipinski definition) is 2. The number of H-pyrrole nitrogens is 1. The predicted octanol–water partition coefficient (Wildman–Crippen LogP) is 2.22. The molecule has 3 N–H and O–H groups in total. The van der Waals surface area contributed by atoms with Gasteiger partial charge in [-0.15, -0.1) is 0 Å². The Labute approximate surface area is 132 Å². The van der Waals surface area contributed by atoms with Crippen molar-refractivity contribution < 1.29 is 0 Å². The summed E-state index contributed by atoms with van der Waals surface area (Å²) < 4.78 is 0. The second-order valence-electron chi connectivity index (χ2n) is 6.02. The normalized spacial score (nSPS) is 18.4. The molecule has 0 radical (unpaired) electrons. The summed E-state index contributed by atoms with van der Waals surface area (Å²) in [4.78, 5) is 8.47. The first-order valence-electron chi connectivity index (χ1n) is 8.20. The minimum Gasteiger partial charge on any atom is -0.364 e. The molecule has 1 aromatic heterocycles. The lowest BCUT2D eigenvalue weighted by molar-refractivity contribution is 0.0872. The number of benzene rings is 1. The molecule has 0 spiro atoms. The van der Waals surface area contributed by atoms with Gasteiger partial charge in [0, 0.05) is 44.6 Å². The highest BCUT2D eigenvalue weighted by atomic mass is 15.3. The van der Waals surface area contributed by atoms with Crippen LogP contribution in [0.4, 0.5) is 0 Å². The molecule has 1 aromatic carbocycles. The maximum atomic E-state index is 5.82. The number of nitrogens with two attached hydrogens (primary N) is 1. The van der Waals surface area contributed by atoms with Crippen LogP contribution >= 0.6 is 0 Å². The van der Waals surface area contributed by atoms with Crippen LogP contribution in [-0.4, -0.2) is 47.5 Å². The third-order valence-corrected chi connectivity index (χ3v) is 4.52. The van der Waals surface area contributed by atoms with E-state index in [0.717, 1.165) is 45.7 Å². The molecule has 3 rings (SSSR count). The van der Waals surface area contributed by atoms with Gasteiger partial charge >= 0.3 is 0 Å². The number of aromatic nitrogens is 1. The number of nitrogens with one attached hydrogen (secondary N) is 1. The van der Waals surface area contributed by atoms with Gasteiger partial charge < -0.3 is 10.7 Å². The molecule has 1 aliphatic heterocycles. The van der Waals surface area contributed by atoms with Crippen molar-refractivity contribution in [3.63, 3.8) is 0 Å². The fraction of sp³-hybridized carbons (Fsp3) is 0.444. The van der Waals surface area contributed by atoms with Crippen LogP contribution in [0.1, 0.15) is 23.7 Å². The van der Waals surface area contributed by atoms with E-state index < -0.39 is 0 Å². The first-order chi connectivity index (χ1) is 10.9. The Morgan fingerprint density at radius 2 is 1.77 bits per heavy atom. The van der Waals surface area contributed by atoms with Crippen LogP contribution in [0.3, 0.4) is 0 Å². The van der Waals surface area contributed by atoms with Crippen LogP contribution in [0.5, 0.6) is 0 Å². The first-order valence-corrected chi connectivity index (χ1v) is 8.20. The van der Waals surface area contributed by atoms with Crippen LogP contribution in [0.15, 0.2) is 48.7 Å². The molecule has 1 atom stereocenters. The molecule has 0 amide bonds. The fourth-order valence-corrected chi connectivity index (χ4v) is 3.32. The van der Waals surface area contributed by atoms with Gasteiger partial charge in [0.1, 0.15) is 0 Å². The van der Waals surface area contributed by atoms with Gasteiger partial charge in [0.05, 0.1) is 6.04 Å². The second-order valence-corrected chi connectivity index (χ2v) is 6.02. The van der Waals surface area contributed by atoms with Crippen molar-refractivity contribution >= 4 is 0 Å². The van der Waals surface area contributed by atoms with E-state index in [4.69, 9.17) is 5.73 Å². The van der Waals surface area contributed by atoms with Crippen LogP contribution in [0, 0.1) is 0 Å². The summed E-state index contributed by atoms with van der Waals surface area (Å²) in [6.45, 7) is 6.24. The summed E-state index contributed by atoms with van der Waals surface area (Å²) in [6.07, 6.45) is 3.02. The van der Waals surface area contributed by atoms with E-state index in [1.807, 2.05) is 6.20 Å². The number of aromatic amines is 1. The molecule has 1 fully saturated rings. The van der Waals surface area contributed by atoms with E-state index in [2.05, 4.69) is 57.2 Å². The minimum absolute atomic E-state index is 0.430. The average molecular weight is 298 g/mol. The third kappa shape index (κ3) is 3.77. The molecule has 22 heavy (non-hydrogen) atoms. The lowest BCUT2D eigenvalue weighted by atomic mass is 10.1. The Morgan fingerprint density at radius 3 is 2.41 bits per heavy atom. The maximum absolute atomic E-state index is 5.82. The molecular formula is C18H26N4. The summed E-state index contributed by atoms with van der Waals surface area (Å²) in [5, 5.41) is 0. The maximum Gasteiger partial charge on any atom is 0.0511 e. The second kappa shape index (κ2) is 7.58. The van der Waals surface area contributed by atoms with Gasteiger partial charge in [0.2, 0.25) is 0 Å².